The lowest BCUT2D eigenvalue weighted by Gasteiger charge is -2.40. The van der Waals surface area contributed by atoms with Gasteiger partial charge in [-0.3, -0.25) is 10.2 Å². The molecular formula is C12H26N2O. The highest BCUT2D eigenvalue weighted by molar-refractivity contribution is 4.85. The Morgan fingerprint density at radius 1 is 1.20 bits per heavy atom. The zero-order valence-corrected chi connectivity index (χ0v) is 10.8. The first-order valence-electron chi connectivity index (χ1n) is 5.83. The summed E-state index contributed by atoms with van der Waals surface area (Å²) < 4.78 is 0. The molecule has 0 amide bonds. The fourth-order valence-electron chi connectivity index (χ4n) is 2.39. The van der Waals surface area contributed by atoms with Gasteiger partial charge in [0, 0.05) is 25.3 Å². The largest absolute Gasteiger partial charge is 0.390 e. The first-order valence-corrected chi connectivity index (χ1v) is 5.83. The van der Waals surface area contributed by atoms with Crippen LogP contribution in [0.2, 0.25) is 0 Å². The van der Waals surface area contributed by atoms with Crippen molar-refractivity contribution >= 4 is 0 Å². The summed E-state index contributed by atoms with van der Waals surface area (Å²) in [6.45, 7) is 13.8. The summed E-state index contributed by atoms with van der Waals surface area (Å²) >= 11 is 0. The lowest BCUT2D eigenvalue weighted by Crippen LogP contribution is -2.57. The molecule has 1 aliphatic heterocycles. The normalized spacial score (nSPS) is 20.4. The summed E-state index contributed by atoms with van der Waals surface area (Å²) in [5, 5.41) is 12.7. The van der Waals surface area contributed by atoms with Crippen molar-refractivity contribution in [2.45, 2.75) is 52.7 Å². The van der Waals surface area contributed by atoms with Crippen LogP contribution < -0.4 is 5.32 Å². The molecule has 0 bridgehead atoms. The molecule has 0 aromatic heterocycles. The van der Waals surface area contributed by atoms with E-state index in [9.17, 15) is 0 Å². The number of likely N-dealkylation sites (tertiary alicyclic amines) is 1. The van der Waals surface area contributed by atoms with Crippen LogP contribution in [0, 0.1) is 5.41 Å². The molecule has 0 saturated carbocycles. The topological polar surface area (TPSA) is 35.5 Å². The fraction of sp³-hybridized carbons (Fsp3) is 1.00. The molecule has 1 aliphatic rings. The second kappa shape index (κ2) is 4.40. The van der Waals surface area contributed by atoms with Gasteiger partial charge in [-0.2, -0.15) is 0 Å². The van der Waals surface area contributed by atoms with Gasteiger partial charge < -0.3 is 5.11 Å². The molecule has 0 aromatic rings. The summed E-state index contributed by atoms with van der Waals surface area (Å²) in [7, 11) is 0. The van der Waals surface area contributed by atoms with Gasteiger partial charge in [-0.1, -0.05) is 20.8 Å². The molecule has 15 heavy (non-hydrogen) atoms. The van der Waals surface area contributed by atoms with Crippen molar-refractivity contribution in [3.05, 3.63) is 0 Å². The lowest BCUT2D eigenvalue weighted by atomic mass is 9.82. The van der Waals surface area contributed by atoms with Gasteiger partial charge >= 0.3 is 0 Å². The molecule has 0 aliphatic carbocycles. The minimum atomic E-state index is -0.0995. The highest BCUT2D eigenvalue weighted by atomic mass is 16.3. The zero-order valence-electron chi connectivity index (χ0n) is 10.8. The molecule has 1 rings (SSSR count). The number of aliphatic hydroxyl groups is 1. The van der Waals surface area contributed by atoms with Gasteiger partial charge in [0.05, 0.1) is 6.10 Å². The minimum absolute atomic E-state index is 0.0995. The third kappa shape index (κ3) is 4.96. The van der Waals surface area contributed by atoms with Gasteiger partial charge in [-0.05, 0) is 25.7 Å². The summed E-state index contributed by atoms with van der Waals surface area (Å²) in [6, 6.07) is 0. The minimum Gasteiger partial charge on any atom is -0.390 e. The SMILES string of the molecule is CC(C)(C)CC(C)(C)NCN1CC(O)C1. The van der Waals surface area contributed by atoms with E-state index >= 15 is 0 Å². The van der Waals surface area contributed by atoms with Crippen molar-refractivity contribution in [3.63, 3.8) is 0 Å². The standard InChI is InChI=1S/C12H26N2O/c1-11(2,3)8-12(4,5)13-9-14-6-10(15)7-14/h10,13,15H,6-9H2,1-5H3. The van der Waals surface area contributed by atoms with Crippen LogP contribution in [0.3, 0.4) is 0 Å². The van der Waals surface area contributed by atoms with Crippen molar-refractivity contribution < 1.29 is 5.11 Å². The Labute approximate surface area is 93.9 Å². The Hall–Kier alpha value is -0.120. The number of rotatable bonds is 4. The zero-order chi connectivity index (χ0) is 11.7. The molecule has 1 saturated heterocycles. The molecule has 2 N–H and O–H groups in total. The maximum Gasteiger partial charge on any atom is 0.0794 e. The van der Waals surface area contributed by atoms with Crippen LogP contribution >= 0.6 is 0 Å². The Kier molecular flexibility index (Phi) is 3.80. The van der Waals surface area contributed by atoms with Gasteiger partial charge in [0.25, 0.3) is 0 Å². The van der Waals surface area contributed by atoms with Crippen LogP contribution in [0.4, 0.5) is 0 Å². The molecule has 90 valence electrons. The number of aliphatic hydroxyl groups excluding tert-OH is 1. The molecular weight excluding hydrogens is 188 g/mol. The maximum absolute atomic E-state index is 9.16. The Morgan fingerprint density at radius 2 is 1.73 bits per heavy atom. The second-order valence-electron chi connectivity index (χ2n) is 6.65. The van der Waals surface area contributed by atoms with Gasteiger partial charge in [0.2, 0.25) is 0 Å². The third-order valence-corrected chi connectivity index (χ3v) is 2.69. The molecule has 3 heteroatoms. The number of hydrogen-bond acceptors (Lipinski definition) is 3. The van der Waals surface area contributed by atoms with Gasteiger partial charge in [0.15, 0.2) is 0 Å². The first kappa shape index (κ1) is 12.9. The van der Waals surface area contributed by atoms with Crippen LogP contribution in [-0.4, -0.2) is 41.4 Å². The van der Waals surface area contributed by atoms with Crippen molar-refractivity contribution in [2.75, 3.05) is 19.8 Å². The van der Waals surface area contributed by atoms with Gasteiger partial charge in [-0.15, -0.1) is 0 Å². The summed E-state index contributed by atoms with van der Waals surface area (Å²) in [5.41, 5.74) is 0.518. The van der Waals surface area contributed by atoms with E-state index in [4.69, 9.17) is 5.11 Å². The molecule has 3 nitrogen and oxygen atoms in total. The fourth-order valence-corrected chi connectivity index (χ4v) is 2.39. The summed E-state index contributed by atoms with van der Waals surface area (Å²) in [4.78, 5) is 2.23. The molecule has 0 radical (unpaired) electrons. The quantitative estimate of drug-likeness (QED) is 0.743. The van der Waals surface area contributed by atoms with Gasteiger partial charge in [-0.25, -0.2) is 0 Å². The van der Waals surface area contributed by atoms with Crippen LogP contribution in [-0.2, 0) is 0 Å². The van der Waals surface area contributed by atoms with Gasteiger partial charge in [0.1, 0.15) is 0 Å². The molecule has 0 aromatic carbocycles. The maximum atomic E-state index is 9.16. The van der Waals surface area contributed by atoms with Crippen LogP contribution in [0.25, 0.3) is 0 Å². The molecule has 1 heterocycles. The Bertz CT molecular complexity index is 202. The van der Waals surface area contributed by atoms with E-state index in [0.29, 0.717) is 5.41 Å². The first-order chi connectivity index (χ1) is 6.68. The predicted molar refractivity (Wildman–Crippen MR) is 63.7 cm³/mol. The number of hydrogen-bond donors (Lipinski definition) is 2. The highest BCUT2D eigenvalue weighted by Crippen LogP contribution is 2.26. The summed E-state index contributed by atoms with van der Waals surface area (Å²) in [6.07, 6.45) is 1.05. The number of nitrogens with one attached hydrogen (secondary N) is 1. The number of β-amino-alcohol motifs (C(OH)–C–C–N with tert-alkyl or cyclic N) is 1. The smallest absolute Gasteiger partial charge is 0.0794 e. The molecule has 1 fully saturated rings. The summed E-state index contributed by atoms with van der Waals surface area (Å²) in [5.74, 6) is 0. The Balaban J connectivity index is 2.24. The van der Waals surface area contributed by atoms with Crippen molar-refractivity contribution in [1.82, 2.24) is 10.2 Å². The monoisotopic (exact) mass is 214 g/mol. The second-order valence-corrected chi connectivity index (χ2v) is 6.65. The van der Waals surface area contributed by atoms with Crippen LogP contribution in [0.1, 0.15) is 41.0 Å². The van der Waals surface area contributed by atoms with E-state index in [2.05, 4.69) is 44.8 Å². The predicted octanol–water partition coefficient (Wildman–Crippen LogP) is 1.42. The van der Waals surface area contributed by atoms with Crippen LogP contribution in [0.15, 0.2) is 0 Å². The average Bonchev–Trinajstić information content (AvgIpc) is 1.90. The van der Waals surface area contributed by atoms with E-state index in [0.717, 1.165) is 26.2 Å². The Morgan fingerprint density at radius 3 is 2.13 bits per heavy atom. The number of nitrogens with zero attached hydrogens (tertiary/aromatic N) is 1. The van der Waals surface area contributed by atoms with E-state index < -0.39 is 0 Å². The van der Waals surface area contributed by atoms with E-state index in [1.165, 1.54) is 0 Å². The third-order valence-electron chi connectivity index (χ3n) is 2.69. The van der Waals surface area contributed by atoms with Crippen molar-refractivity contribution in [2.24, 2.45) is 5.41 Å². The average molecular weight is 214 g/mol. The molecule has 0 atom stereocenters. The van der Waals surface area contributed by atoms with E-state index in [1.54, 1.807) is 0 Å². The lowest BCUT2D eigenvalue weighted by molar-refractivity contribution is -0.00844. The van der Waals surface area contributed by atoms with Crippen LogP contribution in [0.5, 0.6) is 0 Å². The molecule has 0 unspecified atom stereocenters. The van der Waals surface area contributed by atoms with E-state index in [1.807, 2.05) is 0 Å². The van der Waals surface area contributed by atoms with Crippen molar-refractivity contribution in [1.29, 1.82) is 0 Å². The molecule has 0 spiro atoms. The van der Waals surface area contributed by atoms with Crippen molar-refractivity contribution in [3.8, 4) is 0 Å². The van der Waals surface area contributed by atoms with E-state index in [-0.39, 0.29) is 11.6 Å². The highest BCUT2D eigenvalue weighted by Gasteiger charge is 2.28.